The van der Waals surface area contributed by atoms with Crippen molar-refractivity contribution < 1.29 is 29.9 Å². The van der Waals surface area contributed by atoms with Crippen LogP contribution in [0.15, 0.2) is 30.3 Å². The van der Waals surface area contributed by atoms with Gasteiger partial charge in [-0.2, -0.15) is 0 Å². The monoisotopic (exact) mass is 270 g/mol. The molecule has 0 aliphatic carbocycles. The van der Waals surface area contributed by atoms with Gasteiger partial charge >= 0.3 is 0 Å². The number of hydrogen-bond donors (Lipinski definition) is 4. The average molecular weight is 270 g/mol. The summed E-state index contributed by atoms with van der Waals surface area (Å²) in [5, 5.41) is 38.3. The maximum atomic E-state index is 9.83. The van der Waals surface area contributed by atoms with Crippen LogP contribution in [-0.4, -0.2) is 58.1 Å². The Kier molecular flexibility index (Phi) is 4.87. The first-order valence-corrected chi connectivity index (χ1v) is 6.10. The summed E-state index contributed by atoms with van der Waals surface area (Å²) >= 11 is 0. The molecule has 0 aromatic heterocycles. The summed E-state index contributed by atoms with van der Waals surface area (Å²) in [6.07, 6.45) is -5.88. The molecular formula is C13H18O6. The summed E-state index contributed by atoms with van der Waals surface area (Å²) in [5.74, 6) is 0. The van der Waals surface area contributed by atoms with Crippen molar-refractivity contribution in [2.45, 2.75) is 30.7 Å². The third-order valence-corrected chi connectivity index (χ3v) is 3.09. The number of ether oxygens (including phenoxy) is 2. The molecule has 1 aromatic carbocycles. The van der Waals surface area contributed by atoms with Crippen LogP contribution in [0.1, 0.15) is 11.9 Å². The predicted molar refractivity (Wildman–Crippen MR) is 65.1 cm³/mol. The Morgan fingerprint density at radius 1 is 1.05 bits per heavy atom. The van der Waals surface area contributed by atoms with Gasteiger partial charge in [0.1, 0.15) is 24.4 Å². The highest BCUT2D eigenvalue weighted by Gasteiger charge is 2.36. The molecule has 1 heterocycles. The molecule has 1 aliphatic rings. The molecule has 5 atom stereocenters. The first-order chi connectivity index (χ1) is 9.13. The van der Waals surface area contributed by atoms with E-state index in [2.05, 4.69) is 0 Å². The summed E-state index contributed by atoms with van der Waals surface area (Å²) in [7, 11) is 0. The third-order valence-electron chi connectivity index (χ3n) is 3.09. The van der Waals surface area contributed by atoms with E-state index in [1.54, 1.807) is 24.3 Å². The minimum atomic E-state index is -1.42. The van der Waals surface area contributed by atoms with Gasteiger partial charge in [0.25, 0.3) is 0 Å². The molecule has 0 amide bonds. The zero-order valence-electron chi connectivity index (χ0n) is 10.3. The van der Waals surface area contributed by atoms with Gasteiger partial charge < -0.3 is 29.9 Å². The fraction of sp³-hybridized carbons (Fsp3) is 0.538. The third kappa shape index (κ3) is 3.30. The van der Waals surface area contributed by atoms with Crippen LogP contribution < -0.4 is 0 Å². The Balaban J connectivity index is 2.18. The lowest BCUT2D eigenvalue weighted by atomic mass is 10.0. The van der Waals surface area contributed by atoms with Crippen LogP contribution in [0.4, 0.5) is 0 Å². The van der Waals surface area contributed by atoms with Gasteiger partial charge in [-0.1, -0.05) is 30.3 Å². The average Bonchev–Trinajstić information content (AvgIpc) is 2.45. The molecule has 1 saturated heterocycles. The van der Waals surface area contributed by atoms with E-state index in [9.17, 15) is 20.4 Å². The molecule has 6 heteroatoms. The van der Waals surface area contributed by atoms with Gasteiger partial charge in [-0.15, -0.1) is 0 Å². The summed E-state index contributed by atoms with van der Waals surface area (Å²) in [4.78, 5) is 0. The van der Waals surface area contributed by atoms with Crippen molar-refractivity contribution in [2.24, 2.45) is 0 Å². The fourth-order valence-electron chi connectivity index (χ4n) is 1.95. The Bertz CT molecular complexity index is 384. The molecule has 1 fully saturated rings. The first kappa shape index (κ1) is 14.4. The Hall–Kier alpha value is -1.02. The van der Waals surface area contributed by atoms with Gasteiger partial charge in [0.05, 0.1) is 13.2 Å². The van der Waals surface area contributed by atoms with E-state index in [0.29, 0.717) is 5.56 Å². The van der Waals surface area contributed by atoms with Crippen molar-refractivity contribution >= 4 is 0 Å². The largest absolute Gasteiger partial charge is 0.394 e. The Morgan fingerprint density at radius 3 is 2.37 bits per heavy atom. The number of benzene rings is 1. The maximum absolute atomic E-state index is 9.83. The number of aliphatic hydroxyl groups is 4. The van der Waals surface area contributed by atoms with Gasteiger partial charge in [-0.25, -0.2) is 0 Å². The fourth-order valence-corrected chi connectivity index (χ4v) is 1.95. The second-order valence-electron chi connectivity index (χ2n) is 4.48. The standard InChI is InChI=1S/C13H18O6/c14-6-10-12(17)11(16)9(15)7-18-13(19-10)8-4-2-1-3-5-8/h1-5,9-17H,6-7H2/t9-,10+,11-,12-,13?/m0/s1. The molecule has 4 N–H and O–H groups in total. The van der Waals surface area contributed by atoms with Gasteiger partial charge in [0.15, 0.2) is 6.29 Å². The van der Waals surface area contributed by atoms with E-state index in [0.717, 1.165) is 0 Å². The highest BCUT2D eigenvalue weighted by molar-refractivity contribution is 5.16. The Labute approximate surface area is 110 Å². The van der Waals surface area contributed by atoms with Gasteiger partial charge in [0, 0.05) is 5.56 Å². The molecule has 1 aromatic rings. The molecule has 0 saturated carbocycles. The van der Waals surface area contributed by atoms with Crippen molar-refractivity contribution in [3.05, 3.63) is 35.9 Å². The molecule has 6 nitrogen and oxygen atoms in total. The lowest BCUT2D eigenvalue weighted by Gasteiger charge is -2.34. The quantitative estimate of drug-likeness (QED) is 0.560. The van der Waals surface area contributed by atoms with E-state index in [1.165, 1.54) is 0 Å². The lowest BCUT2D eigenvalue weighted by molar-refractivity contribution is -0.256. The highest BCUT2D eigenvalue weighted by atomic mass is 16.7. The smallest absolute Gasteiger partial charge is 0.184 e. The second-order valence-corrected chi connectivity index (χ2v) is 4.48. The van der Waals surface area contributed by atoms with Crippen LogP contribution >= 0.6 is 0 Å². The minimum Gasteiger partial charge on any atom is -0.394 e. The normalized spacial score (nSPS) is 36.5. The molecule has 0 spiro atoms. The molecule has 1 unspecified atom stereocenters. The van der Waals surface area contributed by atoms with Crippen LogP contribution in [-0.2, 0) is 9.47 Å². The van der Waals surface area contributed by atoms with Crippen LogP contribution in [0, 0.1) is 0 Å². The van der Waals surface area contributed by atoms with Gasteiger partial charge in [-0.3, -0.25) is 0 Å². The number of hydrogen-bond acceptors (Lipinski definition) is 6. The van der Waals surface area contributed by atoms with Crippen molar-refractivity contribution in [1.29, 1.82) is 0 Å². The van der Waals surface area contributed by atoms with Crippen LogP contribution in [0.2, 0.25) is 0 Å². The molecule has 2 rings (SSSR count). The van der Waals surface area contributed by atoms with Gasteiger partial charge in [0.2, 0.25) is 0 Å². The highest BCUT2D eigenvalue weighted by Crippen LogP contribution is 2.25. The van der Waals surface area contributed by atoms with Crippen LogP contribution in [0.3, 0.4) is 0 Å². The van der Waals surface area contributed by atoms with Crippen molar-refractivity contribution in [1.82, 2.24) is 0 Å². The molecule has 0 bridgehead atoms. The van der Waals surface area contributed by atoms with Crippen molar-refractivity contribution in [3.63, 3.8) is 0 Å². The lowest BCUT2D eigenvalue weighted by Crippen LogP contribution is -2.51. The summed E-state index contributed by atoms with van der Waals surface area (Å²) in [6.45, 7) is -0.659. The molecule has 0 radical (unpaired) electrons. The zero-order valence-corrected chi connectivity index (χ0v) is 10.3. The van der Waals surface area contributed by atoms with Crippen LogP contribution in [0.25, 0.3) is 0 Å². The van der Waals surface area contributed by atoms with E-state index in [4.69, 9.17) is 9.47 Å². The molecular weight excluding hydrogens is 252 g/mol. The van der Waals surface area contributed by atoms with E-state index in [-0.39, 0.29) is 6.61 Å². The summed E-state index contributed by atoms with van der Waals surface area (Å²) in [5.41, 5.74) is 0.705. The van der Waals surface area contributed by atoms with E-state index in [1.807, 2.05) is 6.07 Å². The van der Waals surface area contributed by atoms with E-state index >= 15 is 0 Å². The number of aliphatic hydroxyl groups excluding tert-OH is 4. The van der Waals surface area contributed by atoms with Gasteiger partial charge in [-0.05, 0) is 0 Å². The van der Waals surface area contributed by atoms with Crippen molar-refractivity contribution in [3.8, 4) is 0 Å². The maximum Gasteiger partial charge on any atom is 0.184 e. The molecule has 106 valence electrons. The van der Waals surface area contributed by atoms with Crippen LogP contribution in [0.5, 0.6) is 0 Å². The zero-order chi connectivity index (χ0) is 13.8. The molecule has 1 aliphatic heterocycles. The Morgan fingerprint density at radius 2 is 1.74 bits per heavy atom. The molecule has 19 heavy (non-hydrogen) atoms. The summed E-state index contributed by atoms with van der Waals surface area (Å²) in [6, 6.07) is 8.99. The second kappa shape index (κ2) is 6.42. The SMILES string of the molecule is OC[C@H]1OC(c2ccccc2)OC[C@H](O)[C@H](O)[C@H]1O. The summed E-state index contributed by atoms with van der Waals surface area (Å²) < 4.78 is 10.8. The van der Waals surface area contributed by atoms with E-state index < -0.39 is 37.3 Å². The predicted octanol–water partition coefficient (Wildman–Crippen LogP) is -0.824. The first-order valence-electron chi connectivity index (χ1n) is 6.10. The topological polar surface area (TPSA) is 99.4 Å². The van der Waals surface area contributed by atoms with Crippen molar-refractivity contribution in [2.75, 3.05) is 13.2 Å². The number of rotatable bonds is 2. The minimum absolute atomic E-state index is 0.171.